The Morgan fingerprint density at radius 2 is 2.00 bits per heavy atom. The molecule has 0 aliphatic rings. The molecule has 2 heterocycles. The number of nitrogens with zero attached hydrogens (tertiary/aromatic N) is 3. The molecule has 0 bridgehead atoms. The molecule has 5 nitrogen and oxygen atoms in total. The van der Waals surface area contributed by atoms with E-state index in [0.29, 0.717) is 21.6 Å². The number of hydrogen-bond acceptors (Lipinski definition) is 4. The second-order valence-corrected chi connectivity index (χ2v) is 6.91. The highest BCUT2D eigenvalue weighted by molar-refractivity contribution is 7.20. The molecular weight excluding hydrogens is 310 g/mol. The van der Waals surface area contributed by atoms with Gasteiger partial charge in [0.15, 0.2) is 0 Å². The summed E-state index contributed by atoms with van der Waals surface area (Å²) in [5.74, 6) is -0.0153. The molecule has 0 saturated carbocycles. The number of thiophene rings is 1. The van der Waals surface area contributed by atoms with E-state index in [1.54, 1.807) is 15.8 Å². The zero-order valence-electron chi connectivity index (χ0n) is 14.4. The summed E-state index contributed by atoms with van der Waals surface area (Å²) in [5, 5.41) is 0.598. The van der Waals surface area contributed by atoms with Crippen LogP contribution >= 0.6 is 11.3 Å². The first-order valence-electron chi connectivity index (χ1n) is 8.25. The first-order chi connectivity index (χ1) is 11.0. The summed E-state index contributed by atoms with van der Waals surface area (Å²) >= 11 is 1.32. The number of fused-ring (bicyclic) bond motifs is 1. The third-order valence-corrected chi connectivity index (χ3v) is 5.25. The fraction of sp³-hybridized carbons (Fsp3) is 0.588. The zero-order chi connectivity index (χ0) is 17.0. The van der Waals surface area contributed by atoms with Gasteiger partial charge in [-0.2, -0.15) is 0 Å². The Bertz CT molecular complexity index is 748. The van der Waals surface area contributed by atoms with Crippen LogP contribution in [0.2, 0.25) is 0 Å². The van der Waals surface area contributed by atoms with Crippen LogP contribution < -0.4 is 5.56 Å². The Kier molecular flexibility index (Phi) is 5.93. The first kappa shape index (κ1) is 17.7. The Balaban J connectivity index is 2.40. The lowest BCUT2D eigenvalue weighted by Crippen LogP contribution is -2.27. The summed E-state index contributed by atoms with van der Waals surface area (Å²) in [6.07, 6.45) is 5.60. The van der Waals surface area contributed by atoms with Crippen molar-refractivity contribution in [1.82, 2.24) is 14.5 Å². The SMILES string of the molecule is CCCCN(C)C(=O)c1sc2ncn(CCCC)c(=O)c2c1C. The summed E-state index contributed by atoms with van der Waals surface area (Å²) < 4.78 is 1.65. The van der Waals surface area contributed by atoms with E-state index in [1.165, 1.54) is 11.3 Å². The van der Waals surface area contributed by atoms with Gasteiger partial charge in [0.05, 0.1) is 16.6 Å². The van der Waals surface area contributed by atoms with Crippen LogP contribution in [-0.4, -0.2) is 34.0 Å². The lowest BCUT2D eigenvalue weighted by molar-refractivity contribution is 0.0797. The fourth-order valence-corrected chi connectivity index (χ4v) is 3.66. The van der Waals surface area contributed by atoms with Crippen molar-refractivity contribution in [3.05, 3.63) is 27.1 Å². The van der Waals surface area contributed by atoms with Gasteiger partial charge in [-0.1, -0.05) is 26.7 Å². The van der Waals surface area contributed by atoms with Crippen LogP contribution in [0.3, 0.4) is 0 Å². The highest BCUT2D eigenvalue weighted by atomic mass is 32.1. The van der Waals surface area contributed by atoms with Crippen molar-refractivity contribution < 1.29 is 4.79 Å². The van der Waals surface area contributed by atoms with E-state index in [4.69, 9.17) is 0 Å². The van der Waals surface area contributed by atoms with Gasteiger partial charge in [-0.3, -0.25) is 14.2 Å². The van der Waals surface area contributed by atoms with Crippen molar-refractivity contribution in [2.24, 2.45) is 0 Å². The molecule has 2 aromatic heterocycles. The van der Waals surface area contributed by atoms with Crippen molar-refractivity contribution in [2.45, 2.75) is 53.0 Å². The van der Waals surface area contributed by atoms with Gasteiger partial charge in [-0.15, -0.1) is 11.3 Å². The van der Waals surface area contributed by atoms with Crippen molar-refractivity contribution in [3.63, 3.8) is 0 Å². The second kappa shape index (κ2) is 7.73. The molecule has 0 unspecified atom stereocenters. The maximum atomic E-state index is 12.6. The monoisotopic (exact) mass is 335 g/mol. The van der Waals surface area contributed by atoms with Crippen molar-refractivity contribution >= 4 is 27.5 Å². The molecule has 0 aromatic carbocycles. The molecule has 6 heteroatoms. The molecular formula is C17H25N3O2S. The van der Waals surface area contributed by atoms with Crippen molar-refractivity contribution in [2.75, 3.05) is 13.6 Å². The molecule has 0 spiro atoms. The van der Waals surface area contributed by atoms with Crippen LogP contribution in [-0.2, 0) is 6.54 Å². The average molecular weight is 335 g/mol. The molecule has 0 aliphatic heterocycles. The van der Waals surface area contributed by atoms with Gasteiger partial charge in [0.25, 0.3) is 11.5 Å². The van der Waals surface area contributed by atoms with Crippen LogP contribution in [0.1, 0.15) is 54.8 Å². The van der Waals surface area contributed by atoms with Crippen LogP contribution in [0.5, 0.6) is 0 Å². The molecule has 0 radical (unpaired) electrons. The second-order valence-electron chi connectivity index (χ2n) is 5.91. The maximum absolute atomic E-state index is 12.6. The van der Waals surface area contributed by atoms with Crippen LogP contribution in [0, 0.1) is 6.92 Å². The minimum Gasteiger partial charge on any atom is -0.341 e. The number of hydrogen-bond donors (Lipinski definition) is 0. The Hall–Kier alpha value is -1.69. The summed E-state index contributed by atoms with van der Waals surface area (Å²) in [5.41, 5.74) is 0.731. The minimum absolute atomic E-state index is 0.0153. The van der Waals surface area contributed by atoms with Gasteiger partial charge in [0, 0.05) is 20.1 Å². The number of aryl methyl sites for hydroxylation is 2. The molecule has 23 heavy (non-hydrogen) atoms. The summed E-state index contributed by atoms with van der Waals surface area (Å²) in [6.45, 7) is 7.46. The largest absolute Gasteiger partial charge is 0.341 e. The van der Waals surface area contributed by atoms with E-state index in [1.807, 2.05) is 14.0 Å². The number of rotatable bonds is 7. The van der Waals surface area contributed by atoms with Crippen molar-refractivity contribution in [1.29, 1.82) is 0 Å². The molecule has 2 rings (SSSR count). The Morgan fingerprint density at radius 3 is 2.65 bits per heavy atom. The van der Waals surface area contributed by atoms with Gasteiger partial charge in [0.2, 0.25) is 0 Å². The topological polar surface area (TPSA) is 55.2 Å². The fourth-order valence-electron chi connectivity index (χ4n) is 2.52. The molecule has 0 saturated heterocycles. The number of amides is 1. The summed E-state index contributed by atoms with van der Waals surface area (Å²) in [6, 6.07) is 0. The number of aromatic nitrogens is 2. The van der Waals surface area contributed by atoms with Crippen LogP contribution in [0.4, 0.5) is 0 Å². The van der Waals surface area contributed by atoms with E-state index in [9.17, 15) is 9.59 Å². The maximum Gasteiger partial charge on any atom is 0.264 e. The predicted molar refractivity (Wildman–Crippen MR) is 95.4 cm³/mol. The van der Waals surface area contributed by atoms with Gasteiger partial charge >= 0.3 is 0 Å². The van der Waals surface area contributed by atoms with E-state index in [2.05, 4.69) is 18.8 Å². The molecule has 126 valence electrons. The Labute approximate surface area is 140 Å². The molecule has 0 N–H and O–H groups in total. The van der Waals surface area contributed by atoms with Crippen LogP contribution in [0.15, 0.2) is 11.1 Å². The lowest BCUT2D eigenvalue weighted by atomic mass is 10.2. The Morgan fingerprint density at radius 1 is 1.30 bits per heavy atom. The quantitative estimate of drug-likeness (QED) is 0.779. The molecule has 0 aliphatic carbocycles. The highest BCUT2D eigenvalue weighted by Crippen LogP contribution is 2.27. The van der Waals surface area contributed by atoms with Gasteiger partial charge < -0.3 is 4.90 Å². The van der Waals surface area contributed by atoms with E-state index < -0.39 is 0 Å². The standard InChI is InChI=1S/C17H25N3O2S/c1-5-7-9-19(4)17(22)14-12(3)13-15(23-14)18-11-20(16(13)21)10-8-6-2/h11H,5-10H2,1-4H3. The van der Waals surface area contributed by atoms with Gasteiger partial charge in [-0.25, -0.2) is 4.98 Å². The van der Waals surface area contributed by atoms with Gasteiger partial charge in [0.1, 0.15) is 4.83 Å². The zero-order valence-corrected chi connectivity index (χ0v) is 15.2. The molecule has 0 fully saturated rings. The number of unbranched alkanes of at least 4 members (excludes halogenated alkanes) is 2. The highest BCUT2D eigenvalue weighted by Gasteiger charge is 2.21. The van der Waals surface area contributed by atoms with Gasteiger partial charge in [-0.05, 0) is 25.3 Å². The number of carbonyl (C=O) groups excluding carboxylic acids is 1. The molecule has 1 amide bonds. The third-order valence-electron chi connectivity index (χ3n) is 4.06. The third kappa shape index (κ3) is 3.63. The normalized spacial score (nSPS) is 11.1. The minimum atomic E-state index is -0.0348. The van der Waals surface area contributed by atoms with Crippen molar-refractivity contribution in [3.8, 4) is 0 Å². The lowest BCUT2D eigenvalue weighted by Gasteiger charge is -2.16. The number of carbonyl (C=O) groups is 1. The molecule has 0 atom stereocenters. The average Bonchev–Trinajstić information content (AvgIpc) is 2.88. The van der Waals surface area contributed by atoms with E-state index in [0.717, 1.165) is 37.8 Å². The summed E-state index contributed by atoms with van der Waals surface area (Å²) in [7, 11) is 1.81. The molecule has 2 aromatic rings. The first-order valence-corrected chi connectivity index (χ1v) is 9.06. The predicted octanol–water partition coefficient (Wildman–Crippen LogP) is 3.44. The van der Waals surface area contributed by atoms with Crippen LogP contribution in [0.25, 0.3) is 10.2 Å². The summed E-state index contributed by atoms with van der Waals surface area (Å²) in [4.78, 5) is 32.7. The van der Waals surface area contributed by atoms with E-state index >= 15 is 0 Å². The van der Waals surface area contributed by atoms with E-state index in [-0.39, 0.29) is 11.5 Å². The smallest absolute Gasteiger partial charge is 0.264 e.